The third-order valence-electron chi connectivity index (χ3n) is 4.66. The van der Waals surface area contributed by atoms with E-state index >= 15 is 0 Å². The Morgan fingerprint density at radius 3 is 1.31 bits per heavy atom. The maximum absolute atomic E-state index is 12.4. The third kappa shape index (κ3) is 9.37. The summed E-state index contributed by atoms with van der Waals surface area (Å²) in [5.74, 6) is 0. The van der Waals surface area contributed by atoms with E-state index in [0.717, 1.165) is 44.9 Å². The summed E-state index contributed by atoms with van der Waals surface area (Å²) in [4.78, 5) is 0. The molecule has 0 aliphatic rings. The molecule has 2 radical (unpaired) electrons. The van der Waals surface area contributed by atoms with Gasteiger partial charge in [-0.2, -0.15) is 38.5 Å². The van der Waals surface area contributed by atoms with Gasteiger partial charge in [0.15, 0.2) is 0 Å². The summed E-state index contributed by atoms with van der Waals surface area (Å²) in [6.07, 6.45) is -5.44. The van der Waals surface area contributed by atoms with E-state index in [2.05, 4.69) is 26.3 Å². The van der Waals surface area contributed by atoms with E-state index in [9.17, 15) is 26.3 Å². The van der Waals surface area contributed by atoms with Gasteiger partial charge in [-0.25, -0.2) is 0 Å². The van der Waals surface area contributed by atoms with Crippen molar-refractivity contribution in [3.05, 3.63) is 96.1 Å². The van der Waals surface area contributed by atoms with E-state index in [1.165, 1.54) is 0 Å². The first kappa shape index (κ1) is 32.4. The zero-order valence-corrected chi connectivity index (χ0v) is 24.3. The van der Waals surface area contributed by atoms with Crippen LogP contribution in [0.5, 0.6) is 0 Å². The summed E-state index contributed by atoms with van der Waals surface area (Å²) in [5, 5.41) is 2.39. The molecule has 0 aromatic heterocycles. The molecular formula is C26H22Cl2F6SiZr. The molecule has 0 spiro atoms. The zero-order chi connectivity index (χ0) is 27.5. The minimum absolute atomic E-state index is 0.597. The van der Waals surface area contributed by atoms with Crippen LogP contribution >= 0.6 is 17.0 Å². The van der Waals surface area contributed by atoms with Gasteiger partial charge in [-0.05, 0) is 11.1 Å². The SMILES string of the molecule is C=Cc1cccc2[cH-]c(C(F)(F)F)cc12.C=Cc1cccc2[cH-]c(C(F)(F)F)cc12.C[Si]C.[Cl][Zr+2][Cl]. The van der Waals surface area contributed by atoms with Crippen LogP contribution in [-0.4, -0.2) is 9.52 Å². The fourth-order valence-corrected chi connectivity index (χ4v) is 3.20. The van der Waals surface area contributed by atoms with Crippen molar-refractivity contribution in [2.75, 3.05) is 0 Å². The van der Waals surface area contributed by atoms with Crippen molar-refractivity contribution in [3.63, 3.8) is 0 Å². The van der Waals surface area contributed by atoms with Crippen molar-refractivity contribution in [2.24, 2.45) is 0 Å². The van der Waals surface area contributed by atoms with Crippen LogP contribution < -0.4 is 0 Å². The van der Waals surface area contributed by atoms with Gasteiger partial charge in [0.25, 0.3) is 0 Å². The summed E-state index contributed by atoms with van der Waals surface area (Å²) in [6, 6.07) is 14.9. The van der Waals surface area contributed by atoms with Crippen LogP contribution in [0.1, 0.15) is 22.3 Å². The first-order chi connectivity index (χ1) is 16.9. The average Bonchev–Trinajstić information content (AvgIpc) is 3.45. The van der Waals surface area contributed by atoms with Gasteiger partial charge >= 0.3 is 50.2 Å². The Morgan fingerprint density at radius 2 is 1.06 bits per heavy atom. The molecule has 0 nitrogen and oxygen atoms in total. The summed E-state index contributed by atoms with van der Waals surface area (Å²) < 4.78 is 74.6. The molecule has 0 saturated heterocycles. The fraction of sp³-hybridized carbons (Fsp3) is 0.154. The molecule has 0 aliphatic carbocycles. The Bertz CT molecular complexity index is 1160. The topological polar surface area (TPSA) is 0 Å². The maximum atomic E-state index is 12.4. The fourth-order valence-electron chi connectivity index (χ4n) is 3.20. The van der Waals surface area contributed by atoms with Crippen LogP contribution in [0.25, 0.3) is 33.7 Å². The van der Waals surface area contributed by atoms with Crippen molar-refractivity contribution in [2.45, 2.75) is 25.4 Å². The Morgan fingerprint density at radius 1 is 0.750 bits per heavy atom. The number of hydrogen-bond acceptors (Lipinski definition) is 0. The predicted molar refractivity (Wildman–Crippen MR) is 138 cm³/mol. The molecule has 36 heavy (non-hydrogen) atoms. The van der Waals surface area contributed by atoms with Gasteiger partial charge in [-0.3, -0.25) is 0 Å². The van der Waals surface area contributed by atoms with Crippen LogP contribution in [0.2, 0.25) is 13.1 Å². The van der Waals surface area contributed by atoms with E-state index < -0.39 is 44.3 Å². The van der Waals surface area contributed by atoms with Crippen molar-refractivity contribution < 1.29 is 47.2 Å². The van der Waals surface area contributed by atoms with Gasteiger partial charge in [0.1, 0.15) is 0 Å². The van der Waals surface area contributed by atoms with Gasteiger partial charge in [-0.15, -0.1) is 57.9 Å². The van der Waals surface area contributed by atoms with Crippen molar-refractivity contribution in [3.8, 4) is 0 Å². The molecule has 0 bridgehead atoms. The monoisotopic (exact) mass is 636 g/mol. The summed E-state index contributed by atoms with van der Waals surface area (Å²) >= 11 is -0.826. The van der Waals surface area contributed by atoms with Gasteiger partial charge in [0.2, 0.25) is 0 Å². The van der Waals surface area contributed by atoms with Crippen molar-refractivity contribution in [1.29, 1.82) is 0 Å². The van der Waals surface area contributed by atoms with Gasteiger partial charge in [-0.1, -0.05) is 61.7 Å². The van der Waals surface area contributed by atoms with Crippen LogP contribution in [0, 0.1) is 0 Å². The van der Waals surface area contributed by atoms with Gasteiger partial charge in [0.05, 0.1) is 0 Å². The standard InChI is InChI=1S/2C12H8F3.C2H6Si.2ClH.Zr/c2*1-2-8-4-3-5-9-6-10(7-11(8)9)12(13,14)15;1-3-2;;;/h2*2-7H,1H2;1-2H3;2*1H;/q2*-1;;;;+4/p-2. The average molecular weight is 639 g/mol. The second kappa shape index (κ2) is 15.0. The molecule has 0 atom stereocenters. The molecule has 190 valence electrons. The second-order valence-corrected chi connectivity index (χ2v) is 11.9. The molecule has 0 unspecified atom stereocenters. The third-order valence-corrected chi connectivity index (χ3v) is 4.66. The summed E-state index contributed by atoms with van der Waals surface area (Å²) in [6.45, 7) is 11.4. The Hall–Kier alpha value is -1.60. The molecule has 4 aromatic rings. The number of benzene rings is 2. The number of alkyl halides is 6. The van der Waals surface area contributed by atoms with Crippen LogP contribution in [0.3, 0.4) is 0 Å². The molecule has 4 aromatic carbocycles. The Kier molecular flexibility index (Phi) is 13.5. The van der Waals surface area contributed by atoms with Gasteiger partial charge in [0, 0.05) is 9.52 Å². The molecule has 0 heterocycles. The minimum atomic E-state index is -4.28. The van der Waals surface area contributed by atoms with E-state index in [1.54, 1.807) is 48.6 Å². The van der Waals surface area contributed by atoms with Crippen LogP contribution in [0.4, 0.5) is 26.3 Å². The van der Waals surface area contributed by atoms with Crippen molar-refractivity contribution in [1.82, 2.24) is 0 Å². The zero-order valence-electron chi connectivity index (χ0n) is 19.4. The molecular weight excluding hydrogens is 616 g/mol. The van der Waals surface area contributed by atoms with E-state index in [1.807, 2.05) is 0 Å². The predicted octanol–water partition coefficient (Wildman–Crippen LogP) is 10.6. The molecule has 0 saturated carbocycles. The van der Waals surface area contributed by atoms with E-state index in [-0.39, 0.29) is 0 Å². The van der Waals surface area contributed by atoms with Gasteiger partial charge < -0.3 is 0 Å². The Labute approximate surface area is 227 Å². The molecule has 0 amide bonds. The molecule has 0 fully saturated rings. The number of halogens is 8. The number of fused-ring (bicyclic) bond motifs is 2. The Balaban J connectivity index is 0.000000296. The normalized spacial score (nSPS) is 10.7. The van der Waals surface area contributed by atoms with Crippen LogP contribution in [-0.2, 0) is 33.2 Å². The second-order valence-electron chi connectivity index (χ2n) is 7.16. The van der Waals surface area contributed by atoms with E-state index in [4.69, 9.17) is 17.0 Å². The molecule has 0 aliphatic heterocycles. The first-order valence-corrected chi connectivity index (χ1v) is 18.5. The van der Waals surface area contributed by atoms with Crippen LogP contribution in [0.15, 0.2) is 73.8 Å². The molecule has 0 N–H and O–H groups in total. The van der Waals surface area contributed by atoms with E-state index in [0.29, 0.717) is 21.5 Å². The summed E-state index contributed by atoms with van der Waals surface area (Å²) in [7, 11) is 11.0. The number of rotatable bonds is 2. The van der Waals surface area contributed by atoms with Crippen molar-refractivity contribution >= 4 is 60.2 Å². The first-order valence-electron chi connectivity index (χ1n) is 10.2. The summed E-state index contributed by atoms with van der Waals surface area (Å²) in [5.41, 5.74) is 0.240. The molecule has 4 rings (SSSR count). The quantitative estimate of drug-likeness (QED) is 0.116. The number of hydrogen-bond donors (Lipinski definition) is 0. The molecule has 10 heteroatoms.